The van der Waals surface area contributed by atoms with Crippen LogP contribution in [0.5, 0.6) is 0 Å². The zero-order valence-electron chi connectivity index (χ0n) is 8.80. The van der Waals surface area contributed by atoms with Gasteiger partial charge in [0.1, 0.15) is 6.54 Å². The molecule has 1 N–H and O–H groups in total. The van der Waals surface area contributed by atoms with Gasteiger partial charge in [-0.2, -0.15) is 13.2 Å². The Bertz CT molecular complexity index is 339. The van der Waals surface area contributed by atoms with E-state index in [4.69, 9.17) is 0 Å². The van der Waals surface area contributed by atoms with E-state index >= 15 is 0 Å². The topological polar surface area (TPSA) is 29.9 Å². The van der Waals surface area contributed by atoms with Gasteiger partial charge in [-0.25, -0.2) is 4.98 Å². The smallest absolute Gasteiger partial charge is 0.325 e. The summed E-state index contributed by atoms with van der Waals surface area (Å²) in [7, 11) is 0. The van der Waals surface area contributed by atoms with Crippen LogP contribution in [-0.2, 0) is 6.54 Å². The van der Waals surface area contributed by atoms with Crippen LogP contribution in [0.3, 0.4) is 0 Å². The fourth-order valence-corrected chi connectivity index (χ4v) is 2.10. The first-order valence-electron chi connectivity index (χ1n) is 5.34. The molecule has 0 radical (unpaired) electrons. The van der Waals surface area contributed by atoms with Crippen LogP contribution < -0.4 is 5.32 Å². The fraction of sp³-hybridized carbons (Fsp3) is 0.700. The highest BCUT2D eigenvalue weighted by molar-refractivity contribution is 5.08. The molecule has 16 heavy (non-hydrogen) atoms. The minimum atomic E-state index is -4.18. The number of piperidine rings is 1. The lowest BCUT2D eigenvalue weighted by molar-refractivity contribution is -0.141. The third-order valence-corrected chi connectivity index (χ3v) is 2.81. The molecule has 3 nitrogen and oxygen atoms in total. The van der Waals surface area contributed by atoms with Gasteiger partial charge in [0.05, 0.1) is 6.33 Å². The van der Waals surface area contributed by atoms with E-state index in [0.29, 0.717) is 5.69 Å². The molecule has 6 heteroatoms. The molecule has 0 spiro atoms. The molecule has 2 heterocycles. The Morgan fingerprint density at radius 1 is 1.50 bits per heavy atom. The van der Waals surface area contributed by atoms with Crippen LogP contribution in [0.25, 0.3) is 0 Å². The number of aromatic nitrogens is 2. The normalized spacial score (nSPS) is 22.3. The van der Waals surface area contributed by atoms with Crippen LogP contribution in [-0.4, -0.2) is 28.8 Å². The number of nitrogens with zero attached hydrogens (tertiary/aromatic N) is 2. The van der Waals surface area contributed by atoms with Crippen molar-refractivity contribution in [3.63, 3.8) is 0 Å². The van der Waals surface area contributed by atoms with E-state index in [1.54, 1.807) is 6.20 Å². The second-order valence-electron chi connectivity index (χ2n) is 4.10. The highest BCUT2D eigenvalue weighted by atomic mass is 19.4. The highest BCUT2D eigenvalue weighted by Gasteiger charge is 2.30. The SMILES string of the molecule is FC(F)(F)Cn1cncc1C1CCCNC1. The maximum absolute atomic E-state index is 12.3. The number of halogens is 3. The molecular weight excluding hydrogens is 219 g/mol. The van der Waals surface area contributed by atoms with Crippen LogP contribution in [0.15, 0.2) is 12.5 Å². The van der Waals surface area contributed by atoms with Crippen LogP contribution >= 0.6 is 0 Å². The number of hydrogen-bond acceptors (Lipinski definition) is 2. The Balaban J connectivity index is 2.11. The first-order chi connectivity index (χ1) is 7.56. The van der Waals surface area contributed by atoms with Gasteiger partial charge in [-0.3, -0.25) is 0 Å². The van der Waals surface area contributed by atoms with Crippen molar-refractivity contribution in [3.05, 3.63) is 18.2 Å². The minimum absolute atomic E-state index is 0.151. The summed E-state index contributed by atoms with van der Waals surface area (Å²) in [5.41, 5.74) is 0.685. The number of alkyl halides is 3. The summed E-state index contributed by atoms with van der Waals surface area (Å²) >= 11 is 0. The average Bonchev–Trinajstić information content (AvgIpc) is 2.64. The molecule has 0 aliphatic carbocycles. The maximum atomic E-state index is 12.3. The van der Waals surface area contributed by atoms with E-state index in [1.165, 1.54) is 10.9 Å². The summed E-state index contributed by atoms with van der Waals surface area (Å²) in [5, 5.41) is 3.19. The third kappa shape index (κ3) is 2.75. The van der Waals surface area contributed by atoms with Crippen molar-refractivity contribution in [1.82, 2.24) is 14.9 Å². The van der Waals surface area contributed by atoms with Gasteiger partial charge in [0, 0.05) is 24.4 Å². The van der Waals surface area contributed by atoms with Crippen LogP contribution in [0.1, 0.15) is 24.5 Å². The van der Waals surface area contributed by atoms with Crippen LogP contribution in [0, 0.1) is 0 Å². The van der Waals surface area contributed by atoms with Crippen molar-refractivity contribution < 1.29 is 13.2 Å². The molecule has 0 aromatic carbocycles. The van der Waals surface area contributed by atoms with E-state index in [9.17, 15) is 13.2 Å². The molecule has 1 atom stereocenters. The molecule has 1 saturated heterocycles. The largest absolute Gasteiger partial charge is 0.406 e. The predicted octanol–water partition coefficient (Wildman–Crippen LogP) is 1.91. The van der Waals surface area contributed by atoms with E-state index < -0.39 is 12.7 Å². The molecule has 1 aromatic heterocycles. The zero-order chi connectivity index (χ0) is 11.6. The Morgan fingerprint density at radius 2 is 2.31 bits per heavy atom. The van der Waals surface area contributed by atoms with E-state index in [2.05, 4.69) is 10.3 Å². The standard InChI is InChI=1S/C10H14F3N3/c11-10(12,13)6-16-7-15-5-9(16)8-2-1-3-14-4-8/h5,7-8,14H,1-4,6H2. The molecule has 0 bridgehead atoms. The molecule has 1 aromatic rings. The molecule has 1 aliphatic rings. The van der Waals surface area contributed by atoms with Crippen molar-refractivity contribution in [3.8, 4) is 0 Å². The first-order valence-corrected chi connectivity index (χ1v) is 5.34. The Morgan fingerprint density at radius 3 is 2.94 bits per heavy atom. The number of hydrogen-bond donors (Lipinski definition) is 1. The van der Waals surface area contributed by atoms with Gasteiger partial charge >= 0.3 is 6.18 Å². The second-order valence-corrected chi connectivity index (χ2v) is 4.10. The number of nitrogens with one attached hydrogen (secondary N) is 1. The quantitative estimate of drug-likeness (QED) is 0.845. The van der Waals surface area contributed by atoms with Crippen molar-refractivity contribution in [2.45, 2.75) is 31.5 Å². The highest BCUT2D eigenvalue weighted by Crippen LogP contribution is 2.25. The van der Waals surface area contributed by atoms with Crippen LogP contribution in [0.4, 0.5) is 13.2 Å². The summed E-state index contributed by atoms with van der Waals surface area (Å²) in [4.78, 5) is 3.82. The molecule has 2 rings (SSSR count). The van der Waals surface area contributed by atoms with Gasteiger partial charge in [0.15, 0.2) is 0 Å². The number of rotatable bonds is 2. The average molecular weight is 233 g/mol. The lowest BCUT2D eigenvalue weighted by Crippen LogP contribution is -2.30. The third-order valence-electron chi connectivity index (χ3n) is 2.81. The Labute approximate surface area is 91.7 Å². The Hall–Kier alpha value is -1.04. The van der Waals surface area contributed by atoms with Gasteiger partial charge in [-0.1, -0.05) is 0 Å². The summed E-state index contributed by atoms with van der Waals surface area (Å²) in [6, 6.07) is 0. The second kappa shape index (κ2) is 4.45. The van der Waals surface area contributed by atoms with E-state index in [0.717, 1.165) is 25.9 Å². The van der Waals surface area contributed by atoms with Gasteiger partial charge in [0.2, 0.25) is 0 Å². The molecule has 0 saturated carbocycles. The van der Waals surface area contributed by atoms with Crippen molar-refractivity contribution >= 4 is 0 Å². The van der Waals surface area contributed by atoms with Gasteiger partial charge in [-0.15, -0.1) is 0 Å². The van der Waals surface area contributed by atoms with Crippen molar-refractivity contribution in [2.75, 3.05) is 13.1 Å². The first kappa shape index (κ1) is 11.4. The molecule has 0 amide bonds. The fourth-order valence-electron chi connectivity index (χ4n) is 2.10. The lowest BCUT2D eigenvalue weighted by Gasteiger charge is -2.24. The molecule has 1 unspecified atom stereocenters. The van der Waals surface area contributed by atoms with Crippen LogP contribution in [0.2, 0.25) is 0 Å². The maximum Gasteiger partial charge on any atom is 0.406 e. The van der Waals surface area contributed by atoms with Crippen molar-refractivity contribution in [1.29, 1.82) is 0 Å². The molecule has 1 aliphatic heterocycles. The van der Waals surface area contributed by atoms with Gasteiger partial charge in [-0.05, 0) is 19.4 Å². The van der Waals surface area contributed by atoms with Gasteiger partial charge in [0.25, 0.3) is 0 Å². The summed E-state index contributed by atoms with van der Waals surface area (Å²) < 4.78 is 38.1. The Kier molecular flexibility index (Phi) is 3.18. The predicted molar refractivity (Wildman–Crippen MR) is 53.1 cm³/mol. The molecule has 1 fully saturated rings. The lowest BCUT2D eigenvalue weighted by atomic mass is 9.96. The minimum Gasteiger partial charge on any atom is -0.325 e. The number of imidazole rings is 1. The molecular formula is C10H14F3N3. The summed E-state index contributed by atoms with van der Waals surface area (Å²) in [6.07, 6.45) is 0.552. The summed E-state index contributed by atoms with van der Waals surface area (Å²) in [6.45, 7) is 0.742. The van der Waals surface area contributed by atoms with E-state index in [1.807, 2.05) is 0 Å². The summed E-state index contributed by atoms with van der Waals surface area (Å²) in [5.74, 6) is 0.151. The zero-order valence-corrected chi connectivity index (χ0v) is 8.80. The van der Waals surface area contributed by atoms with E-state index in [-0.39, 0.29) is 5.92 Å². The monoisotopic (exact) mass is 233 g/mol. The van der Waals surface area contributed by atoms with Gasteiger partial charge < -0.3 is 9.88 Å². The van der Waals surface area contributed by atoms with Crippen molar-refractivity contribution in [2.24, 2.45) is 0 Å². The molecule has 90 valence electrons.